The largest absolute Gasteiger partial charge is 0.501 e. The third kappa shape index (κ3) is 7.26. The van der Waals surface area contributed by atoms with E-state index in [4.69, 9.17) is 5.79 Å². The molecule has 7 aromatic rings. The molecular formula is C41H38GeIrN2O-2. The molecule has 0 atom stereocenters. The van der Waals surface area contributed by atoms with Crippen molar-refractivity contribution in [1.82, 2.24) is 9.97 Å². The van der Waals surface area contributed by atoms with Gasteiger partial charge in [0.25, 0.3) is 0 Å². The molecule has 0 saturated heterocycles. The fourth-order valence-electron chi connectivity index (χ4n) is 5.66. The summed E-state index contributed by atoms with van der Waals surface area (Å²) in [6.07, 6.45) is 3.83. The van der Waals surface area contributed by atoms with Crippen molar-refractivity contribution >= 4 is 39.6 Å². The quantitative estimate of drug-likeness (QED) is 0.128. The smallest absolute Gasteiger partial charge is 0.120 e. The van der Waals surface area contributed by atoms with Gasteiger partial charge in [-0.25, -0.2) is 0 Å². The van der Waals surface area contributed by atoms with Crippen LogP contribution in [-0.2, 0) is 20.1 Å². The zero-order valence-electron chi connectivity index (χ0n) is 28.1. The van der Waals surface area contributed by atoms with Crippen LogP contribution in [0, 0.1) is 19.1 Å². The number of rotatable bonds is 5. The molecule has 5 heteroatoms. The van der Waals surface area contributed by atoms with Gasteiger partial charge in [0.2, 0.25) is 0 Å². The van der Waals surface area contributed by atoms with E-state index in [0.29, 0.717) is 0 Å². The van der Waals surface area contributed by atoms with Gasteiger partial charge in [-0.2, -0.15) is 0 Å². The Morgan fingerprint density at radius 1 is 0.761 bits per heavy atom. The van der Waals surface area contributed by atoms with E-state index < -0.39 is 19.2 Å². The van der Waals surface area contributed by atoms with Gasteiger partial charge in [0.1, 0.15) is 5.58 Å². The Morgan fingerprint density at radius 3 is 2.24 bits per heavy atom. The summed E-state index contributed by atoms with van der Waals surface area (Å²) in [4.78, 5) is 9.13. The molecule has 0 amide bonds. The predicted molar refractivity (Wildman–Crippen MR) is 192 cm³/mol. The van der Waals surface area contributed by atoms with E-state index >= 15 is 0 Å². The molecule has 0 spiro atoms. The molecule has 0 aliphatic carbocycles. The average molecular weight is 841 g/mol. The second-order valence-electron chi connectivity index (χ2n) is 12.6. The summed E-state index contributed by atoms with van der Waals surface area (Å²) in [5.74, 6) is 6.51. The molecular weight excluding hydrogens is 801 g/mol. The normalized spacial score (nSPS) is 11.8. The number of pyridine rings is 2. The number of hydrogen-bond donors (Lipinski definition) is 0. The molecule has 0 fully saturated rings. The van der Waals surface area contributed by atoms with Crippen LogP contribution in [0.25, 0.3) is 55.6 Å². The monoisotopic (exact) mass is 842 g/mol. The molecule has 0 N–H and O–H groups in total. The second-order valence-corrected chi connectivity index (χ2v) is 23.2. The van der Waals surface area contributed by atoms with Gasteiger partial charge in [0, 0.05) is 33.1 Å². The summed E-state index contributed by atoms with van der Waals surface area (Å²) in [6, 6.07) is 41.2. The van der Waals surface area contributed by atoms with Crippen molar-refractivity contribution in [2.24, 2.45) is 0 Å². The Labute approximate surface area is 290 Å². The second kappa shape index (κ2) is 14.3. The van der Waals surface area contributed by atoms with E-state index in [0.717, 1.165) is 55.6 Å². The van der Waals surface area contributed by atoms with Crippen LogP contribution in [0.1, 0.15) is 32.2 Å². The van der Waals surface area contributed by atoms with Crippen molar-refractivity contribution in [3.8, 4) is 33.6 Å². The van der Waals surface area contributed by atoms with Crippen LogP contribution in [0.2, 0.25) is 17.3 Å². The van der Waals surface area contributed by atoms with Crippen molar-refractivity contribution in [2.75, 3.05) is 0 Å². The molecule has 3 heterocycles. The molecule has 46 heavy (non-hydrogen) atoms. The maximum Gasteiger partial charge on any atom is 0.120 e. The van der Waals surface area contributed by atoms with Crippen LogP contribution < -0.4 is 4.40 Å². The Balaban J connectivity index is 0.000000207. The molecule has 3 nitrogen and oxygen atoms in total. The van der Waals surface area contributed by atoms with E-state index in [2.05, 4.69) is 88.9 Å². The average Bonchev–Trinajstić information content (AvgIpc) is 3.43. The van der Waals surface area contributed by atoms with E-state index in [1.54, 1.807) is 6.20 Å². The summed E-state index contributed by atoms with van der Waals surface area (Å²) in [7, 11) is 0. The zero-order chi connectivity index (χ0) is 32.5. The van der Waals surface area contributed by atoms with Gasteiger partial charge in [-0.3, -0.25) is 0 Å². The molecule has 4 aromatic carbocycles. The van der Waals surface area contributed by atoms with E-state index in [-0.39, 0.29) is 20.1 Å². The summed E-state index contributed by atoms with van der Waals surface area (Å²) in [5.41, 5.74) is 9.95. The Morgan fingerprint density at radius 2 is 1.54 bits per heavy atom. The van der Waals surface area contributed by atoms with Crippen molar-refractivity contribution < 1.29 is 25.9 Å². The summed E-state index contributed by atoms with van der Waals surface area (Å²) in [5, 5.41) is 2.12. The minimum absolute atomic E-state index is 0. The fourth-order valence-corrected chi connectivity index (χ4v) is 9.24. The Kier molecular flexibility index (Phi) is 9.98. The Bertz CT molecular complexity index is 2130. The third-order valence-corrected chi connectivity index (χ3v) is 12.5. The molecule has 1 radical (unpaired) electrons. The molecule has 0 aliphatic heterocycles. The van der Waals surface area contributed by atoms with Crippen LogP contribution in [0.5, 0.6) is 0 Å². The van der Waals surface area contributed by atoms with Gasteiger partial charge in [0.15, 0.2) is 0 Å². The van der Waals surface area contributed by atoms with E-state index in [9.17, 15) is 0 Å². The third-order valence-electron chi connectivity index (χ3n) is 8.04. The number of furan rings is 1. The topological polar surface area (TPSA) is 38.9 Å². The molecule has 0 aliphatic rings. The maximum absolute atomic E-state index is 8.33. The number of hydrogen-bond acceptors (Lipinski definition) is 3. The van der Waals surface area contributed by atoms with Crippen molar-refractivity contribution in [3.63, 3.8) is 0 Å². The van der Waals surface area contributed by atoms with Gasteiger partial charge in [-0.05, 0) is 40.9 Å². The molecule has 0 unspecified atom stereocenters. The summed E-state index contributed by atoms with van der Waals surface area (Å²) >= 11 is -1.77. The summed E-state index contributed by atoms with van der Waals surface area (Å²) < 4.78 is 16.1. The first-order valence-electron chi connectivity index (χ1n) is 15.8. The molecule has 233 valence electrons. The van der Waals surface area contributed by atoms with Gasteiger partial charge >= 0.3 is 106 Å². The number of benzene rings is 4. The summed E-state index contributed by atoms with van der Waals surface area (Å²) in [6.45, 7) is 5.95. The van der Waals surface area contributed by atoms with Crippen molar-refractivity contribution in [3.05, 3.63) is 139 Å². The van der Waals surface area contributed by atoms with E-state index in [1.807, 2.05) is 80.6 Å². The zero-order valence-corrected chi connectivity index (χ0v) is 31.6. The Hall–Kier alpha value is -3.83. The van der Waals surface area contributed by atoms with Gasteiger partial charge in [-0.15, -0.1) is 18.2 Å². The molecule has 7 rings (SSSR count). The predicted octanol–water partition coefficient (Wildman–Crippen LogP) is 10.6. The van der Waals surface area contributed by atoms with Gasteiger partial charge < -0.3 is 9.40 Å². The van der Waals surface area contributed by atoms with Crippen LogP contribution in [0.3, 0.4) is 0 Å². The fraction of sp³-hybridized carbons (Fsp3) is 0.171. The van der Waals surface area contributed by atoms with Crippen molar-refractivity contribution in [2.45, 2.75) is 43.9 Å². The number of fused-ring (bicyclic) bond motifs is 3. The van der Waals surface area contributed by atoms with Crippen LogP contribution in [-0.4, -0.2) is 23.2 Å². The first-order chi connectivity index (χ1) is 22.0. The number of aryl methyl sites for hydroxylation is 1. The molecule has 0 bridgehead atoms. The molecule has 3 aromatic heterocycles. The standard InChI is InChI=1S/C26H20NO.C15H18GeN.Ir/c1-17(2)19-13-14-27-24(16-19)22-10-6-9-21-23-15-20(18-7-4-3-5-8-18)11-12-25(23)28-26(21)22;1-12-10-15(13-8-6-5-7-9-13)17-11-14(12)16(2,3)4;/h3-9,11-17H,1-2H3;5-8,10-11H,1-4H3;/q2*-1;/i17D;;. The van der Waals surface area contributed by atoms with Crippen molar-refractivity contribution in [1.29, 1.82) is 0 Å². The van der Waals surface area contributed by atoms with Crippen LogP contribution >= 0.6 is 0 Å². The number of nitrogens with zero attached hydrogens (tertiary/aromatic N) is 2. The first-order valence-corrected chi connectivity index (χ1v) is 22.7. The van der Waals surface area contributed by atoms with Gasteiger partial charge in [-0.1, -0.05) is 72.8 Å². The van der Waals surface area contributed by atoms with Crippen LogP contribution in [0.15, 0.2) is 120 Å². The maximum atomic E-state index is 8.33. The van der Waals surface area contributed by atoms with Crippen LogP contribution in [0.4, 0.5) is 0 Å². The first kappa shape index (κ1) is 32.1. The minimum atomic E-state index is -1.77. The number of aromatic nitrogens is 2. The molecule has 0 saturated carbocycles. The minimum Gasteiger partial charge on any atom is -0.501 e. The van der Waals surface area contributed by atoms with E-state index in [1.165, 1.54) is 15.5 Å². The SMILES string of the molecule is Cc1cc(-c2[c-]cccc2)nc[c]1[Ge]([CH3])([CH3])[CH3].[2H]C(C)(C)c1ccnc(-c2[c-]ccc3c2oc2ccc(-c4ccccc4)cc23)c1.[Ir]. The van der Waals surface area contributed by atoms with Gasteiger partial charge in [0.05, 0.1) is 5.58 Å².